The van der Waals surface area contributed by atoms with Crippen molar-refractivity contribution < 1.29 is 13.9 Å². The number of oxazole rings is 1. The first-order valence-electron chi connectivity index (χ1n) is 11.5. The topological polar surface area (TPSA) is 59.8 Å². The van der Waals surface area contributed by atoms with E-state index in [0.29, 0.717) is 31.3 Å². The first kappa shape index (κ1) is 26.3. The van der Waals surface area contributed by atoms with Crippen LogP contribution in [-0.4, -0.2) is 45.4 Å². The van der Waals surface area contributed by atoms with E-state index < -0.39 is 0 Å². The van der Waals surface area contributed by atoms with Gasteiger partial charge in [-0.15, -0.1) is 12.4 Å². The van der Waals surface area contributed by atoms with Crippen LogP contribution in [0.5, 0.6) is 5.75 Å². The van der Waals surface area contributed by atoms with Gasteiger partial charge in [-0.2, -0.15) is 0 Å². The molecule has 35 heavy (non-hydrogen) atoms. The molecule has 0 bridgehead atoms. The molecule has 6 nitrogen and oxygen atoms in total. The van der Waals surface area contributed by atoms with Crippen molar-refractivity contribution in [3.8, 4) is 5.75 Å². The fourth-order valence-corrected chi connectivity index (χ4v) is 3.43. The number of benzene rings is 3. The zero-order valence-corrected chi connectivity index (χ0v) is 21.0. The lowest BCUT2D eigenvalue weighted by molar-refractivity contribution is 0.102. The molecule has 0 unspecified atom stereocenters. The van der Waals surface area contributed by atoms with Crippen LogP contribution in [-0.2, 0) is 11.3 Å². The molecule has 0 aliphatic heterocycles. The lowest BCUT2D eigenvalue weighted by Crippen LogP contribution is -2.20. The number of rotatable bonds is 12. The third-order valence-electron chi connectivity index (χ3n) is 5.30. The van der Waals surface area contributed by atoms with Crippen molar-refractivity contribution in [1.82, 2.24) is 10.3 Å². The first-order valence-corrected chi connectivity index (χ1v) is 11.5. The Morgan fingerprint density at radius 2 is 1.71 bits per heavy atom. The second-order valence-electron chi connectivity index (χ2n) is 8.12. The molecular formula is C28H32ClN3O3. The molecule has 4 aromatic rings. The van der Waals surface area contributed by atoms with Gasteiger partial charge < -0.3 is 24.1 Å². The van der Waals surface area contributed by atoms with Crippen LogP contribution in [0, 0.1) is 0 Å². The van der Waals surface area contributed by atoms with Crippen molar-refractivity contribution in [3.63, 3.8) is 0 Å². The molecule has 1 aromatic heterocycles. The highest BCUT2D eigenvalue weighted by Crippen LogP contribution is 2.23. The van der Waals surface area contributed by atoms with E-state index in [1.54, 1.807) is 0 Å². The standard InChI is InChI=1S/C28H31N3O3.ClH/c1-31(2)24-11-8-22(9-12-24)10-15-28-30-26-14-13-25(20-27(26)34-28)33-19-18-32-17-16-29-21-23-6-4-3-5-7-23;/h3-15,20,29H,16-19,21H2,1-2H3;1H/b15-10+;. The normalized spacial score (nSPS) is 11.0. The maximum absolute atomic E-state index is 5.87. The lowest BCUT2D eigenvalue weighted by atomic mass is 10.2. The smallest absolute Gasteiger partial charge is 0.220 e. The predicted octanol–water partition coefficient (Wildman–Crippen LogP) is 5.67. The third kappa shape index (κ3) is 8.14. The summed E-state index contributed by atoms with van der Waals surface area (Å²) in [7, 11) is 4.06. The SMILES string of the molecule is CN(C)c1ccc(/C=C/c2nc3ccc(OCCOCCNCc4ccccc4)cc3o2)cc1.Cl. The maximum atomic E-state index is 5.87. The van der Waals surface area contributed by atoms with Gasteiger partial charge >= 0.3 is 0 Å². The average Bonchev–Trinajstić information content (AvgIpc) is 3.27. The summed E-state index contributed by atoms with van der Waals surface area (Å²) in [5.41, 5.74) is 5.02. The highest BCUT2D eigenvalue weighted by atomic mass is 35.5. The van der Waals surface area contributed by atoms with Crippen LogP contribution in [0.2, 0.25) is 0 Å². The van der Waals surface area contributed by atoms with Crippen molar-refractivity contribution in [2.24, 2.45) is 0 Å². The number of ether oxygens (including phenoxy) is 2. The van der Waals surface area contributed by atoms with Gasteiger partial charge in [0.15, 0.2) is 5.58 Å². The summed E-state index contributed by atoms with van der Waals surface area (Å²) in [5, 5.41) is 3.37. The van der Waals surface area contributed by atoms with Crippen LogP contribution < -0.4 is 15.0 Å². The van der Waals surface area contributed by atoms with Crippen LogP contribution in [0.25, 0.3) is 23.3 Å². The van der Waals surface area contributed by atoms with Gasteiger partial charge in [0.25, 0.3) is 0 Å². The third-order valence-corrected chi connectivity index (χ3v) is 5.30. The fourth-order valence-electron chi connectivity index (χ4n) is 3.43. The van der Waals surface area contributed by atoms with Crippen molar-refractivity contribution in [1.29, 1.82) is 0 Å². The lowest BCUT2D eigenvalue weighted by Gasteiger charge is -2.11. The number of hydrogen-bond donors (Lipinski definition) is 1. The van der Waals surface area contributed by atoms with Gasteiger partial charge in [0.1, 0.15) is 17.9 Å². The van der Waals surface area contributed by atoms with E-state index in [4.69, 9.17) is 13.9 Å². The number of fused-ring (bicyclic) bond motifs is 1. The number of anilines is 1. The minimum absolute atomic E-state index is 0. The molecule has 0 aliphatic carbocycles. The molecule has 1 heterocycles. The van der Waals surface area contributed by atoms with Crippen LogP contribution in [0.4, 0.5) is 5.69 Å². The number of halogens is 1. The molecule has 0 atom stereocenters. The van der Waals surface area contributed by atoms with E-state index in [0.717, 1.165) is 35.6 Å². The van der Waals surface area contributed by atoms with Gasteiger partial charge in [0.2, 0.25) is 5.89 Å². The summed E-state index contributed by atoms with van der Waals surface area (Å²) in [6.07, 6.45) is 3.87. The molecule has 0 spiro atoms. The van der Waals surface area contributed by atoms with Gasteiger partial charge in [-0.1, -0.05) is 42.5 Å². The highest BCUT2D eigenvalue weighted by molar-refractivity contribution is 5.85. The van der Waals surface area contributed by atoms with Crippen LogP contribution in [0.1, 0.15) is 17.0 Å². The Hall–Kier alpha value is -3.32. The molecule has 184 valence electrons. The highest BCUT2D eigenvalue weighted by Gasteiger charge is 2.05. The fraction of sp³-hybridized carbons (Fsp3) is 0.250. The quantitative estimate of drug-likeness (QED) is 0.256. The van der Waals surface area contributed by atoms with Crippen molar-refractivity contribution in [3.05, 3.63) is 89.8 Å². The van der Waals surface area contributed by atoms with Crippen molar-refractivity contribution in [2.75, 3.05) is 45.4 Å². The molecule has 0 aliphatic rings. The van der Waals surface area contributed by atoms with E-state index in [1.807, 2.05) is 62.6 Å². The molecule has 4 rings (SSSR count). The van der Waals surface area contributed by atoms with Crippen LogP contribution in [0.3, 0.4) is 0 Å². The summed E-state index contributed by atoms with van der Waals surface area (Å²) < 4.78 is 17.3. The van der Waals surface area contributed by atoms with Crippen LogP contribution in [0.15, 0.2) is 77.2 Å². The molecule has 0 radical (unpaired) electrons. The van der Waals surface area contributed by atoms with Gasteiger partial charge in [0, 0.05) is 45.0 Å². The number of aromatic nitrogens is 1. The minimum Gasteiger partial charge on any atom is -0.491 e. The van der Waals surface area contributed by atoms with Gasteiger partial charge in [-0.05, 0) is 41.5 Å². The number of nitrogens with zero attached hydrogens (tertiary/aromatic N) is 2. The monoisotopic (exact) mass is 493 g/mol. The largest absolute Gasteiger partial charge is 0.491 e. The van der Waals surface area contributed by atoms with E-state index in [2.05, 4.69) is 51.6 Å². The van der Waals surface area contributed by atoms with Crippen LogP contribution >= 0.6 is 12.4 Å². The maximum Gasteiger partial charge on any atom is 0.220 e. The zero-order valence-electron chi connectivity index (χ0n) is 20.1. The minimum atomic E-state index is 0. The molecule has 0 saturated carbocycles. The Labute approximate surface area is 213 Å². The van der Waals surface area contributed by atoms with E-state index in [9.17, 15) is 0 Å². The summed E-state index contributed by atoms with van der Waals surface area (Å²) in [6, 6.07) is 24.3. The number of hydrogen-bond acceptors (Lipinski definition) is 6. The predicted molar refractivity (Wildman–Crippen MR) is 145 cm³/mol. The summed E-state index contributed by atoms with van der Waals surface area (Å²) >= 11 is 0. The van der Waals surface area contributed by atoms with Crippen molar-refractivity contribution in [2.45, 2.75) is 6.54 Å². The molecule has 1 N–H and O–H groups in total. The molecule has 7 heteroatoms. The number of nitrogens with one attached hydrogen (secondary N) is 1. The zero-order chi connectivity index (χ0) is 23.6. The molecule has 0 saturated heterocycles. The molecule has 0 amide bonds. The Balaban J connectivity index is 0.00000342. The molecule has 3 aromatic carbocycles. The Morgan fingerprint density at radius 1 is 0.914 bits per heavy atom. The molecule has 0 fully saturated rings. The average molecular weight is 494 g/mol. The summed E-state index contributed by atoms with van der Waals surface area (Å²) in [4.78, 5) is 6.60. The van der Waals surface area contributed by atoms with Crippen molar-refractivity contribution >= 4 is 41.3 Å². The van der Waals surface area contributed by atoms with E-state index in [1.165, 1.54) is 5.56 Å². The van der Waals surface area contributed by atoms with Gasteiger partial charge in [-0.25, -0.2) is 4.98 Å². The van der Waals surface area contributed by atoms with Gasteiger partial charge in [-0.3, -0.25) is 0 Å². The Bertz CT molecular complexity index is 1190. The Kier molecular flexibility index (Phi) is 10.2. The summed E-state index contributed by atoms with van der Waals surface area (Å²) in [6.45, 7) is 3.30. The second kappa shape index (κ2) is 13.5. The first-order chi connectivity index (χ1) is 16.7. The van der Waals surface area contributed by atoms with Gasteiger partial charge in [0.05, 0.1) is 13.2 Å². The van der Waals surface area contributed by atoms with E-state index in [-0.39, 0.29) is 12.4 Å². The molecular weight excluding hydrogens is 462 g/mol. The Morgan fingerprint density at radius 3 is 2.49 bits per heavy atom. The van der Waals surface area contributed by atoms with E-state index >= 15 is 0 Å². The summed E-state index contributed by atoms with van der Waals surface area (Å²) in [5.74, 6) is 1.31. The second-order valence-corrected chi connectivity index (χ2v) is 8.12.